The van der Waals surface area contributed by atoms with Crippen molar-refractivity contribution >= 4 is 5.91 Å². The second-order valence-corrected chi connectivity index (χ2v) is 8.86. The van der Waals surface area contributed by atoms with Crippen LogP contribution in [0.3, 0.4) is 0 Å². The first-order valence-electron chi connectivity index (χ1n) is 10.4. The van der Waals surface area contributed by atoms with Crippen molar-refractivity contribution in [2.45, 2.75) is 52.1 Å². The monoisotopic (exact) mass is 355 g/mol. The third-order valence-corrected chi connectivity index (χ3v) is 6.88. The average Bonchev–Trinajstić information content (AvgIpc) is 3.36. The molecule has 4 heteroatoms. The van der Waals surface area contributed by atoms with Gasteiger partial charge in [-0.3, -0.25) is 9.69 Å². The molecule has 4 nitrogen and oxygen atoms in total. The summed E-state index contributed by atoms with van der Waals surface area (Å²) in [5.74, 6) is 1.40. The Morgan fingerprint density at radius 2 is 1.81 bits per heavy atom. The molecule has 1 atom stereocenters. The Morgan fingerprint density at radius 1 is 1.15 bits per heavy atom. The van der Waals surface area contributed by atoms with Gasteiger partial charge in [-0.15, -0.1) is 0 Å². The maximum Gasteiger partial charge on any atom is 0.223 e. The summed E-state index contributed by atoms with van der Waals surface area (Å²) >= 11 is 0. The highest BCUT2D eigenvalue weighted by Gasteiger charge is 2.57. The molecule has 2 aliphatic heterocycles. The van der Waals surface area contributed by atoms with Crippen LogP contribution in [0.2, 0.25) is 0 Å². The van der Waals surface area contributed by atoms with E-state index in [-0.39, 0.29) is 11.8 Å². The molecule has 1 spiro atoms. The summed E-state index contributed by atoms with van der Waals surface area (Å²) in [6, 6.07) is 8.81. The summed E-state index contributed by atoms with van der Waals surface area (Å²) in [5.41, 5.74) is 2.91. The summed E-state index contributed by atoms with van der Waals surface area (Å²) in [7, 11) is 0. The Balaban J connectivity index is 1.22. The van der Waals surface area contributed by atoms with E-state index in [1.807, 2.05) is 0 Å². The molecule has 1 amide bonds. The summed E-state index contributed by atoms with van der Waals surface area (Å²) in [6.07, 6.45) is 6.06. The number of hydrogen-bond acceptors (Lipinski definition) is 3. The fraction of sp³-hybridized carbons (Fsp3) is 0.682. The Morgan fingerprint density at radius 3 is 2.50 bits per heavy atom. The summed E-state index contributed by atoms with van der Waals surface area (Å²) < 4.78 is 0. The van der Waals surface area contributed by atoms with Gasteiger partial charge in [-0.25, -0.2) is 0 Å². The van der Waals surface area contributed by atoms with E-state index in [1.54, 1.807) is 0 Å². The molecule has 1 unspecified atom stereocenters. The molecule has 2 heterocycles. The van der Waals surface area contributed by atoms with Crippen molar-refractivity contribution in [3.63, 3.8) is 0 Å². The quantitative estimate of drug-likeness (QED) is 0.854. The van der Waals surface area contributed by atoms with Crippen LogP contribution in [0.15, 0.2) is 24.3 Å². The van der Waals surface area contributed by atoms with Crippen LogP contribution in [-0.4, -0.2) is 37.0 Å². The molecular weight excluding hydrogens is 322 g/mol. The smallest absolute Gasteiger partial charge is 0.223 e. The highest BCUT2D eigenvalue weighted by atomic mass is 16.2. The van der Waals surface area contributed by atoms with Crippen LogP contribution in [-0.2, 0) is 17.9 Å². The SMILES string of the molecule is CC1CCN(Cc2ccc(CNC(=O)C3CC34CCNCC4)cc2)CC1. The van der Waals surface area contributed by atoms with E-state index in [0.717, 1.165) is 44.8 Å². The minimum atomic E-state index is 0.255. The van der Waals surface area contributed by atoms with Crippen LogP contribution in [0.5, 0.6) is 0 Å². The normalized spacial score (nSPS) is 26.0. The second-order valence-electron chi connectivity index (χ2n) is 8.86. The van der Waals surface area contributed by atoms with E-state index in [4.69, 9.17) is 0 Å². The molecule has 2 N–H and O–H groups in total. The molecule has 0 radical (unpaired) electrons. The van der Waals surface area contributed by atoms with Crippen LogP contribution in [0.25, 0.3) is 0 Å². The largest absolute Gasteiger partial charge is 0.352 e. The van der Waals surface area contributed by atoms with Crippen LogP contribution in [0, 0.1) is 17.3 Å². The van der Waals surface area contributed by atoms with Gasteiger partial charge in [-0.1, -0.05) is 31.2 Å². The van der Waals surface area contributed by atoms with E-state index < -0.39 is 0 Å². The van der Waals surface area contributed by atoms with E-state index in [1.165, 1.54) is 37.1 Å². The third kappa shape index (κ3) is 4.12. The van der Waals surface area contributed by atoms with Crippen LogP contribution >= 0.6 is 0 Å². The Kier molecular flexibility index (Phi) is 5.32. The van der Waals surface area contributed by atoms with Gasteiger partial charge in [0.2, 0.25) is 5.91 Å². The van der Waals surface area contributed by atoms with Crippen molar-refractivity contribution in [2.75, 3.05) is 26.2 Å². The van der Waals surface area contributed by atoms with Gasteiger partial charge in [0.05, 0.1) is 0 Å². The second kappa shape index (κ2) is 7.69. The minimum Gasteiger partial charge on any atom is -0.352 e. The predicted molar refractivity (Wildman–Crippen MR) is 105 cm³/mol. The maximum absolute atomic E-state index is 12.5. The van der Waals surface area contributed by atoms with Crippen molar-refractivity contribution < 1.29 is 4.79 Å². The molecule has 3 fully saturated rings. The van der Waals surface area contributed by atoms with E-state index in [2.05, 4.69) is 46.7 Å². The summed E-state index contributed by atoms with van der Waals surface area (Å²) in [5, 5.41) is 6.57. The molecule has 142 valence electrons. The molecule has 1 aliphatic carbocycles. The molecule has 3 aliphatic rings. The number of rotatable bonds is 5. The van der Waals surface area contributed by atoms with Crippen LogP contribution in [0.1, 0.15) is 50.2 Å². The Hall–Kier alpha value is -1.39. The topological polar surface area (TPSA) is 44.4 Å². The summed E-state index contributed by atoms with van der Waals surface area (Å²) in [6.45, 7) is 8.65. The lowest BCUT2D eigenvalue weighted by Gasteiger charge is -2.30. The lowest BCUT2D eigenvalue weighted by Crippen LogP contribution is -2.33. The number of piperidine rings is 2. The minimum absolute atomic E-state index is 0.255. The zero-order valence-electron chi connectivity index (χ0n) is 16.1. The van der Waals surface area contributed by atoms with Crippen molar-refractivity contribution in [2.24, 2.45) is 17.3 Å². The Labute approximate surface area is 157 Å². The standard InChI is InChI=1S/C22H33N3O/c1-17-6-12-25(13-7-17)16-19-4-2-18(3-5-19)15-24-21(26)20-14-22(20)8-10-23-11-9-22/h2-5,17,20,23H,6-16H2,1H3,(H,24,26). The number of nitrogens with zero attached hydrogens (tertiary/aromatic N) is 1. The zero-order valence-corrected chi connectivity index (χ0v) is 16.1. The molecule has 0 bridgehead atoms. The molecule has 1 aromatic rings. The van der Waals surface area contributed by atoms with E-state index in [9.17, 15) is 4.79 Å². The third-order valence-electron chi connectivity index (χ3n) is 6.88. The van der Waals surface area contributed by atoms with Gasteiger partial charge >= 0.3 is 0 Å². The van der Waals surface area contributed by atoms with Crippen LogP contribution < -0.4 is 10.6 Å². The molecule has 2 saturated heterocycles. The molecule has 1 saturated carbocycles. The van der Waals surface area contributed by atoms with Gasteiger partial charge in [0.1, 0.15) is 0 Å². The van der Waals surface area contributed by atoms with Crippen LogP contribution in [0.4, 0.5) is 0 Å². The first-order chi connectivity index (χ1) is 12.6. The maximum atomic E-state index is 12.5. The molecular formula is C22H33N3O. The number of benzene rings is 1. The van der Waals surface area contributed by atoms with Crippen molar-refractivity contribution in [1.82, 2.24) is 15.5 Å². The van der Waals surface area contributed by atoms with Gasteiger partial charge in [-0.05, 0) is 80.7 Å². The molecule has 26 heavy (non-hydrogen) atoms. The number of nitrogens with one attached hydrogen (secondary N) is 2. The fourth-order valence-electron chi connectivity index (χ4n) is 4.75. The van der Waals surface area contributed by atoms with Gasteiger partial charge in [-0.2, -0.15) is 0 Å². The number of likely N-dealkylation sites (tertiary alicyclic amines) is 1. The zero-order chi connectivity index (χ0) is 18.0. The number of hydrogen-bond donors (Lipinski definition) is 2. The fourth-order valence-corrected chi connectivity index (χ4v) is 4.75. The number of carbonyl (C=O) groups excluding carboxylic acids is 1. The van der Waals surface area contributed by atoms with Gasteiger partial charge in [0.15, 0.2) is 0 Å². The first kappa shape index (κ1) is 18.0. The lowest BCUT2D eigenvalue weighted by molar-refractivity contribution is -0.123. The lowest BCUT2D eigenvalue weighted by atomic mass is 9.92. The van der Waals surface area contributed by atoms with Crippen molar-refractivity contribution in [3.8, 4) is 0 Å². The summed E-state index contributed by atoms with van der Waals surface area (Å²) in [4.78, 5) is 15.0. The van der Waals surface area contributed by atoms with E-state index in [0.29, 0.717) is 12.0 Å². The molecule has 1 aromatic carbocycles. The Bertz CT molecular complexity index is 613. The van der Waals surface area contributed by atoms with Gasteiger partial charge < -0.3 is 10.6 Å². The average molecular weight is 356 g/mol. The van der Waals surface area contributed by atoms with Crippen molar-refractivity contribution in [3.05, 3.63) is 35.4 Å². The molecule has 0 aromatic heterocycles. The van der Waals surface area contributed by atoms with Gasteiger partial charge in [0, 0.05) is 19.0 Å². The van der Waals surface area contributed by atoms with Crippen molar-refractivity contribution in [1.29, 1.82) is 0 Å². The van der Waals surface area contributed by atoms with Gasteiger partial charge in [0.25, 0.3) is 0 Å². The molecule has 4 rings (SSSR count). The number of amides is 1. The highest BCUT2D eigenvalue weighted by Crippen LogP contribution is 2.58. The first-order valence-corrected chi connectivity index (χ1v) is 10.4. The predicted octanol–water partition coefficient (Wildman–Crippen LogP) is 2.92. The van der Waals surface area contributed by atoms with E-state index >= 15 is 0 Å². The number of carbonyl (C=O) groups is 1. The highest BCUT2D eigenvalue weighted by molar-refractivity contribution is 5.82.